The largest absolute Gasteiger partial charge is 0.497 e. The molecule has 0 heterocycles. The van der Waals surface area contributed by atoms with Gasteiger partial charge >= 0.3 is 5.97 Å². The number of aryl methyl sites for hydroxylation is 1. The summed E-state index contributed by atoms with van der Waals surface area (Å²) < 4.78 is 5.38. The van der Waals surface area contributed by atoms with Gasteiger partial charge < -0.3 is 9.84 Å². The van der Waals surface area contributed by atoms with Crippen LogP contribution in [0.15, 0.2) is 41.5 Å². The third kappa shape index (κ3) is 2.21. The molecule has 126 valence electrons. The standard InChI is InChI=1S/C21H24O3/c1-21-10-9-17-16-7-5-15(24-2)11-13(16)3-6-18(17)19(21)8-4-14(21)12-20(22)23/h4-5,7-8,11,17-18H,3,6,9-10,12H2,1-2H3,(H,22,23)/t17?,18?,21-/m1/s1. The van der Waals surface area contributed by atoms with Crippen LogP contribution in [0.25, 0.3) is 0 Å². The van der Waals surface area contributed by atoms with Gasteiger partial charge in [0.25, 0.3) is 0 Å². The average molecular weight is 324 g/mol. The zero-order valence-corrected chi connectivity index (χ0v) is 14.3. The van der Waals surface area contributed by atoms with E-state index in [0.717, 1.165) is 37.0 Å². The third-order valence-electron chi connectivity index (χ3n) is 6.47. The molecular formula is C21H24O3. The van der Waals surface area contributed by atoms with Crippen LogP contribution in [0, 0.1) is 11.3 Å². The minimum Gasteiger partial charge on any atom is -0.497 e. The Morgan fingerprint density at radius 3 is 2.88 bits per heavy atom. The summed E-state index contributed by atoms with van der Waals surface area (Å²) in [5.74, 6) is 1.34. The van der Waals surface area contributed by atoms with E-state index < -0.39 is 5.97 Å². The molecule has 2 unspecified atom stereocenters. The van der Waals surface area contributed by atoms with E-state index >= 15 is 0 Å². The fourth-order valence-corrected chi connectivity index (χ4v) is 5.19. The van der Waals surface area contributed by atoms with Crippen molar-refractivity contribution >= 4 is 5.97 Å². The normalized spacial score (nSPS) is 30.6. The highest BCUT2D eigenvalue weighted by Crippen LogP contribution is 2.59. The van der Waals surface area contributed by atoms with Crippen molar-refractivity contribution in [3.8, 4) is 5.75 Å². The molecule has 1 fully saturated rings. The number of fused-ring (bicyclic) bond motifs is 5. The Morgan fingerprint density at radius 2 is 2.12 bits per heavy atom. The Hall–Kier alpha value is -2.03. The predicted octanol–water partition coefficient (Wildman–Crippen LogP) is 4.48. The van der Waals surface area contributed by atoms with Gasteiger partial charge in [0.1, 0.15) is 5.75 Å². The summed E-state index contributed by atoms with van der Waals surface area (Å²) in [6.07, 6.45) is 8.88. The molecule has 0 saturated heterocycles. The number of benzene rings is 1. The fraction of sp³-hybridized carbons (Fsp3) is 0.476. The van der Waals surface area contributed by atoms with E-state index in [1.807, 2.05) is 0 Å². The number of allylic oxidation sites excluding steroid dienone is 3. The molecule has 3 atom stereocenters. The number of methoxy groups -OCH3 is 1. The topological polar surface area (TPSA) is 46.5 Å². The molecular weight excluding hydrogens is 300 g/mol. The summed E-state index contributed by atoms with van der Waals surface area (Å²) in [6, 6.07) is 6.51. The highest BCUT2D eigenvalue weighted by Gasteiger charge is 2.47. The Bertz CT molecular complexity index is 758. The van der Waals surface area contributed by atoms with Gasteiger partial charge in [-0.15, -0.1) is 0 Å². The van der Waals surface area contributed by atoms with Gasteiger partial charge in [-0.2, -0.15) is 0 Å². The van der Waals surface area contributed by atoms with E-state index in [1.54, 1.807) is 7.11 Å². The van der Waals surface area contributed by atoms with Gasteiger partial charge in [0.15, 0.2) is 0 Å². The predicted molar refractivity (Wildman–Crippen MR) is 93.3 cm³/mol. The van der Waals surface area contributed by atoms with E-state index in [9.17, 15) is 9.90 Å². The molecule has 1 saturated carbocycles. The maximum atomic E-state index is 11.2. The van der Waals surface area contributed by atoms with Gasteiger partial charge in [-0.25, -0.2) is 0 Å². The van der Waals surface area contributed by atoms with Gasteiger partial charge in [-0.3, -0.25) is 4.79 Å². The van der Waals surface area contributed by atoms with Gasteiger partial charge in [0.05, 0.1) is 13.5 Å². The van der Waals surface area contributed by atoms with E-state index in [2.05, 4.69) is 37.3 Å². The van der Waals surface area contributed by atoms with Gasteiger partial charge in [0.2, 0.25) is 0 Å². The van der Waals surface area contributed by atoms with Gasteiger partial charge in [-0.1, -0.05) is 30.7 Å². The number of carboxylic acid groups (broad SMARTS) is 1. The molecule has 0 radical (unpaired) electrons. The van der Waals surface area contributed by atoms with E-state index in [4.69, 9.17) is 4.74 Å². The third-order valence-corrected chi connectivity index (χ3v) is 6.47. The fourth-order valence-electron chi connectivity index (χ4n) is 5.19. The van der Waals surface area contributed by atoms with Crippen molar-refractivity contribution in [1.82, 2.24) is 0 Å². The smallest absolute Gasteiger partial charge is 0.307 e. The van der Waals surface area contributed by atoms with Crippen molar-refractivity contribution in [1.29, 1.82) is 0 Å². The molecule has 3 aliphatic rings. The zero-order valence-electron chi connectivity index (χ0n) is 14.3. The van der Waals surface area contributed by atoms with Crippen LogP contribution in [-0.2, 0) is 11.2 Å². The molecule has 1 aromatic rings. The van der Waals surface area contributed by atoms with Crippen molar-refractivity contribution in [2.24, 2.45) is 11.3 Å². The van der Waals surface area contributed by atoms with Crippen molar-refractivity contribution in [3.63, 3.8) is 0 Å². The van der Waals surface area contributed by atoms with Crippen LogP contribution in [0.3, 0.4) is 0 Å². The van der Waals surface area contributed by atoms with Crippen molar-refractivity contribution in [3.05, 3.63) is 52.6 Å². The molecule has 24 heavy (non-hydrogen) atoms. The number of ether oxygens (including phenoxy) is 1. The first-order chi connectivity index (χ1) is 11.5. The Kier molecular flexibility index (Phi) is 3.56. The van der Waals surface area contributed by atoms with Crippen LogP contribution >= 0.6 is 0 Å². The number of rotatable bonds is 3. The Balaban J connectivity index is 1.65. The minimum absolute atomic E-state index is 0.0382. The van der Waals surface area contributed by atoms with Crippen LogP contribution < -0.4 is 4.74 Å². The molecule has 0 aliphatic heterocycles. The maximum Gasteiger partial charge on any atom is 0.307 e. The lowest BCUT2D eigenvalue weighted by Gasteiger charge is -2.47. The Morgan fingerprint density at radius 1 is 1.29 bits per heavy atom. The number of hydrogen-bond donors (Lipinski definition) is 1. The highest BCUT2D eigenvalue weighted by atomic mass is 16.5. The summed E-state index contributed by atoms with van der Waals surface area (Å²) in [6.45, 7) is 2.25. The number of aliphatic carboxylic acids is 1. The van der Waals surface area contributed by atoms with Gasteiger partial charge in [-0.05, 0) is 66.4 Å². The molecule has 4 rings (SSSR count). The molecule has 0 spiro atoms. The minimum atomic E-state index is -0.722. The highest BCUT2D eigenvalue weighted by molar-refractivity contribution is 5.72. The first kappa shape index (κ1) is 15.5. The summed E-state index contributed by atoms with van der Waals surface area (Å²) >= 11 is 0. The molecule has 3 heteroatoms. The summed E-state index contributed by atoms with van der Waals surface area (Å²) in [7, 11) is 1.72. The van der Waals surface area contributed by atoms with Crippen molar-refractivity contribution in [2.75, 3.05) is 7.11 Å². The summed E-state index contributed by atoms with van der Waals surface area (Å²) in [5.41, 5.74) is 5.42. The molecule has 0 bridgehead atoms. The second-order valence-electron chi connectivity index (χ2n) is 7.57. The number of carboxylic acids is 1. The maximum absolute atomic E-state index is 11.2. The van der Waals surface area contributed by atoms with E-state index in [0.29, 0.717) is 11.8 Å². The van der Waals surface area contributed by atoms with E-state index in [1.165, 1.54) is 16.7 Å². The summed E-state index contributed by atoms with van der Waals surface area (Å²) in [5, 5.41) is 9.21. The zero-order chi connectivity index (χ0) is 16.9. The van der Waals surface area contributed by atoms with Crippen molar-refractivity contribution < 1.29 is 14.6 Å². The van der Waals surface area contributed by atoms with Crippen LogP contribution in [0.5, 0.6) is 5.75 Å². The lowest BCUT2D eigenvalue weighted by atomic mass is 9.57. The quantitative estimate of drug-likeness (QED) is 0.891. The SMILES string of the molecule is COc1ccc2c(c1)CCC1C3=CC=C(CC(=O)O)[C@@]3(C)CCC21. The molecule has 3 aliphatic carbocycles. The first-order valence-electron chi connectivity index (χ1n) is 8.83. The van der Waals surface area contributed by atoms with Crippen molar-refractivity contribution in [2.45, 2.75) is 44.9 Å². The molecule has 0 aromatic heterocycles. The van der Waals surface area contributed by atoms with Crippen LogP contribution in [0.2, 0.25) is 0 Å². The number of hydrogen-bond acceptors (Lipinski definition) is 2. The van der Waals surface area contributed by atoms with Crippen LogP contribution in [0.1, 0.15) is 49.7 Å². The number of carbonyl (C=O) groups is 1. The molecule has 1 aromatic carbocycles. The summed E-state index contributed by atoms with van der Waals surface area (Å²) in [4.78, 5) is 11.2. The second kappa shape index (κ2) is 5.51. The second-order valence-corrected chi connectivity index (χ2v) is 7.57. The monoisotopic (exact) mass is 324 g/mol. The molecule has 0 amide bonds. The lowest BCUT2D eigenvalue weighted by molar-refractivity contribution is -0.136. The van der Waals surface area contributed by atoms with Crippen LogP contribution in [-0.4, -0.2) is 18.2 Å². The Labute approximate surface area is 143 Å². The first-order valence-corrected chi connectivity index (χ1v) is 8.83. The van der Waals surface area contributed by atoms with E-state index in [-0.39, 0.29) is 11.8 Å². The van der Waals surface area contributed by atoms with Crippen LogP contribution in [0.4, 0.5) is 0 Å². The molecule has 1 N–H and O–H groups in total. The van der Waals surface area contributed by atoms with Gasteiger partial charge in [0, 0.05) is 5.41 Å². The molecule has 3 nitrogen and oxygen atoms in total. The average Bonchev–Trinajstić information content (AvgIpc) is 2.90. The lowest BCUT2D eigenvalue weighted by Crippen LogP contribution is -2.36.